The molecule has 2 rings (SSSR count). The number of nitrogens with zero attached hydrogens (tertiary/aromatic N) is 1. The maximum Gasteiger partial charge on any atom is 0.240 e. The fraction of sp³-hybridized carbons (Fsp3) is 0.933. The quantitative estimate of drug-likeness (QED) is 0.766. The molecule has 0 radical (unpaired) electrons. The highest BCUT2D eigenvalue weighted by atomic mass is 16.2. The van der Waals surface area contributed by atoms with Crippen molar-refractivity contribution in [3.63, 3.8) is 0 Å². The molecule has 2 aliphatic rings. The van der Waals surface area contributed by atoms with Crippen molar-refractivity contribution in [3.05, 3.63) is 0 Å². The van der Waals surface area contributed by atoms with E-state index >= 15 is 0 Å². The predicted octanol–water partition coefficient (Wildman–Crippen LogP) is 1.49. The van der Waals surface area contributed by atoms with Gasteiger partial charge in [-0.2, -0.15) is 0 Å². The van der Waals surface area contributed by atoms with E-state index < -0.39 is 5.54 Å². The maximum absolute atomic E-state index is 12.1. The summed E-state index contributed by atoms with van der Waals surface area (Å²) in [5.74, 6) is 0.984. The minimum Gasteiger partial charge on any atom is -0.352 e. The summed E-state index contributed by atoms with van der Waals surface area (Å²) < 4.78 is 0. The van der Waals surface area contributed by atoms with Gasteiger partial charge in [0.15, 0.2) is 0 Å². The zero-order valence-corrected chi connectivity index (χ0v) is 12.5. The van der Waals surface area contributed by atoms with Gasteiger partial charge < -0.3 is 16.0 Å². The number of likely N-dealkylation sites (tertiary alicyclic amines) is 1. The maximum atomic E-state index is 12.1. The fourth-order valence-corrected chi connectivity index (χ4v) is 2.91. The molecular formula is C15H29N3O. The van der Waals surface area contributed by atoms with Crippen LogP contribution in [-0.4, -0.2) is 42.0 Å². The molecule has 1 saturated carbocycles. The van der Waals surface area contributed by atoms with Crippen LogP contribution in [0.4, 0.5) is 0 Å². The van der Waals surface area contributed by atoms with Crippen molar-refractivity contribution >= 4 is 5.91 Å². The number of rotatable bonds is 6. The molecule has 1 aliphatic carbocycles. The lowest BCUT2D eigenvalue weighted by Crippen LogP contribution is -2.55. The first-order chi connectivity index (χ1) is 9.01. The van der Waals surface area contributed by atoms with Crippen LogP contribution in [0, 0.1) is 5.92 Å². The second-order valence-corrected chi connectivity index (χ2v) is 6.66. The van der Waals surface area contributed by atoms with Gasteiger partial charge in [0, 0.05) is 25.7 Å². The van der Waals surface area contributed by atoms with Gasteiger partial charge in [-0.05, 0) is 44.9 Å². The summed E-state index contributed by atoms with van der Waals surface area (Å²) in [7, 11) is 0. The molecule has 1 atom stereocenters. The summed E-state index contributed by atoms with van der Waals surface area (Å²) in [4.78, 5) is 14.7. The Morgan fingerprint density at radius 2 is 1.95 bits per heavy atom. The second kappa shape index (κ2) is 6.23. The molecule has 1 unspecified atom stereocenters. The Kier molecular flexibility index (Phi) is 4.85. The van der Waals surface area contributed by atoms with Gasteiger partial charge in [0.05, 0.1) is 5.54 Å². The summed E-state index contributed by atoms with van der Waals surface area (Å²) >= 11 is 0. The van der Waals surface area contributed by atoms with Crippen LogP contribution < -0.4 is 11.1 Å². The molecule has 2 fully saturated rings. The largest absolute Gasteiger partial charge is 0.352 e. The highest BCUT2D eigenvalue weighted by Crippen LogP contribution is 2.30. The van der Waals surface area contributed by atoms with Gasteiger partial charge >= 0.3 is 0 Å². The van der Waals surface area contributed by atoms with E-state index in [-0.39, 0.29) is 5.91 Å². The number of nitrogens with one attached hydrogen (secondary N) is 1. The molecule has 0 spiro atoms. The molecule has 1 amide bonds. The number of amides is 1. The Hall–Kier alpha value is -0.610. The van der Waals surface area contributed by atoms with Crippen molar-refractivity contribution < 1.29 is 4.79 Å². The summed E-state index contributed by atoms with van der Waals surface area (Å²) in [5, 5.41) is 3.14. The molecule has 1 aliphatic heterocycles. The zero-order valence-electron chi connectivity index (χ0n) is 12.5. The third kappa shape index (κ3) is 4.46. The molecule has 0 aromatic heterocycles. The van der Waals surface area contributed by atoms with Crippen LogP contribution in [-0.2, 0) is 4.79 Å². The fourth-order valence-electron chi connectivity index (χ4n) is 2.91. The summed E-state index contributed by atoms with van der Waals surface area (Å²) in [6.45, 7) is 7.42. The number of hydrogen-bond donors (Lipinski definition) is 2. The van der Waals surface area contributed by atoms with Gasteiger partial charge in [0.25, 0.3) is 0 Å². The van der Waals surface area contributed by atoms with Crippen LogP contribution >= 0.6 is 0 Å². The normalized spacial score (nSPS) is 25.0. The molecule has 0 aromatic rings. The van der Waals surface area contributed by atoms with Crippen molar-refractivity contribution in [1.82, 2.24) is 10.2 Å². The van der Waals surface area contributed by atoms with E-state index in [2.05, 4.69) is 17.1 Å². The molecule has 3 N–H and O–H groups in total. The Balaban J connectivity index is 1.70. The molecule has 0 aromatic carbocycles. The standard InChI is InChI=1S/C15H29N3O/c1-3-8-15(2,16)14(19)17-13-6-9-18(10-7-13)11-12-4-5-12/h12-13H,3-11,16H2,1-2H3,(H,17,19). The first-order valence-electron chi connectivity index (χ1n) is 7.83. The lowest BCUT2D eigenvalue weighted by Gasteiger charge is -2.34. The van der Waals surface area contributed by atoms with Crippen LogP contribution in [0.15, 0.2) is 0 Å². The van der Waals surface area contributed by atoms with E-state index in [9.17, 15) is 4.79 Å². The lowest BCUT2D eigenvalue weighted by atomic mass is 9.95. The van der Waals surface area contributed by atoms with Gasteiger partial charge in [-0.25, -0.2) is 0 Å². The van der Waals surface area contributed by atoms with Gasteiger partial charge in [0.2, 0.25) is 5.91 Å². The highest BCUT2D eigenvalue weighted by Gasteiger charge is 2.31. The first kappa shape index (κ1) is 14.8. The van der Waals surface area contributed by atoms with Crippen molar-refractivity contribution in [2.24, 2.45) is 11.7 Å². The number of carbonyl (C=O) groups is 1. The van der Waals surface area contributed by atoms with Crippen LogP contribution in [0.2, 0.25) is 0 Å². The van der Waals surface area contributed by atoms with E-state index in [1.54, 1.807) is 0 Å². The van der Waals surface area contributed by atoms with Crippen molar-refractivity contribution in [3.8, 4) is 0 Å². The van der Waals surface area contributed by atoms with Crippen LogP contribution in [0.25, 0.3) is 0 Å². The van der Waals surface area contributed by atoms with E-state index in [0.717, 1.165) is 44.7 Å². The third-order valence-electron chi connectivity index (χ3n) is 4.42. The monoisotopic (exact) mass is 267 g/mol. The topological polar surface area (TPSA) is 58.4 Å². The summed E-state index contributed by atoms with van der Waals surface area (Å²) in [6, 6.07) is 0.322. The lowest BCUT2D eigenvalue weighted by molar-refractivity contribution is -0.127. The second-order valence-electron chi connectivity index (χ2n) is 6.66. The van der Waals surface area contributed by atoms with Gasteiger partial charge in [0.1, 0.15) is 0 Å². The Bertz CT molecular complexity index is 305. The molecule has 4 nitrogen and oxygen atoms in total. The molecule has 4 heteroatoms. The van der Waals surface area contributed by atoms with Crippen LogP contribution in [0.3, 0.4) is 0 Å². The van der Waals surface area contributed by atoms with Gasteiger partial charge in [-0.1, -0.05) is 13.3 Å². The van der Waals surface area contributed by atoms with E-state index in [4.69, 9.17) is 5.73 Å². The molecule has 19 heavy (non-hydrogen) atoms. The predicted molar refractivity (Wildman–Crippen MR) is 77.8 cm³/mol. The van der Waals surface area contributed by atoms with E-state index in [1.165, 1.54) is 19.4 Å². The summed E-state index contributed by atoms with van der Waals surface area (Å²) in [6.07, 6.45) is 6.67. The number of piperidine rings is 1. The Labute approximate surface area is 117 Å². The highest BCUT2D eigenvalue weighted by molar-refractivity contribution is 5.85. The minimum absolute atomic E-state index is 0.0231. The Morgan fingerprint density at radius 3 is 2.47 bits per heavy atom. The SMILES string of the molecule is CCCC(C)(N)C(=O)NC1CCN(CC2CC2)CC1. The van der Waals surface area contributed by atoms with Gasteiger partial charge in [-0.3, -0.25) is 4.79 Å². The first-order valence-corrected chi connectivity index (χ1v) is 7.83. The smallest absolute Gasteiger partial charge is 0.240 e. The molecule has 0 bridgehead atoms. The zero-order chi connectivity index (χ0) is 13.9. The molecular weight excluding hydrogens is 238 g/mol. The van der Waals surface area contributed by atoms with Crippen molar-refractivity contribution in [1.29, 1.82) is 0 Å². The van der Waals surface area contributed by atoms with E-state index in [1.807, 2.05) is 6.92 Å². The number of carbonyl (C=O) groups excluding carboxylic acids is 1. The average Bonchev–Trinajstić information content (AvgIpc) is 3.15. The van der Waals surface area contributed by atoms with Gasteiger partial charge in [-0.15, -0.1) is 0 Å². The Morgan fingerprint density at radius 1 is 1.32 bits per heavy atom. The summed E-state index contributed by atoms with van der Waals surface area (Å²) in [5.41, 5.74) is 5.36. The average molecular weight is 267 g/mol. The minimum atomic E-state index is -0.708. The van der Waals surface area contributed by atoms with E-state index in [0.29, 0.717) is 6.04 Å². The van der Waals surface area contributed by atoms with Crippen LogP contribution in [0.1, 0.15) is 52.4 Å². The molecule has 110 valence electrons. The van der Waals surface area contributed by atoms with Crippen LogP contribution in [0.5, 0.6) is 0 Å². The third-order valence-corrected chi connectivity index (χ3v) is 4.42. The molecule has 1 saturated heterocycles. The number of hydrogen-bond acceptors (Lipinski definition) is 3. The van der Waals surface area contributed by atoms with Crippen molar-refractivity contribution in [2.45, 2.75) is 64.0 Å². The number of nitrogens with two attached hydrogens (primary N) is 1. The van der Waals surface area contributed by atoms with Crippen molar-refractivity contribution in [2.75, 3.05) is 19.6 Å². The molecule has 1 heterocycles.